The van der Waals surface area contributed by atoms with Crippen LogP contribution >= 0.6 is 11.6 Å². The maximum atomic E-state index is 11.2. The molecule has 0 amide bonds. The monoisotopic (exact) mass is 275 g/mol. The highest BCUT2D eigenvalue weighted by atomic mass is 35.5. The van der Waals surface area contributed by atoms with Crippen LogP contribution in [0.3, 0.4) is 0 Å². The molecule has 0 aliphatic carbocycles. The first-order valence-electron chi connectivity index (χ1n) is 5.46. The number of aromatic nitrogens is 1. The average molecular weight is 276 g/mol. The zero-order chi connectivity index (χ0) is 13.8. The van der Waals surface area contributed by atoms with Gasteiger partial charge < -0.3 is 10.1 Å². The van der Waals surface area contributed by atoms with Crippen molar-refractivity contribution in [3.05, 3.63) is 35.0 Å². The number of nitriles is 1. The van der Waals surface area contributed by atoms with Gasteiger partial charge in [-0.25, -0.2) is 4.98 Å². The zero-order valence-corrected chi connectivity index (χ0v) is 10.9. The van der Waals surface area contributed by atoms with Crippen LogP contribution in [-0.2, 0) is 9.53 Å². The topological polar surface area (TPSA) is 75.0 Å². The number of hydrogen-bond acceptors (Lipinski definition) is 5. The van der Waals surface area contributed by atoms with Crippen molar-refractivity contribution in [1.82, 2.24) is 4.98 Å². The summed E-state index contributed by atoms with van der Waals surface area (Å²) in [4.78, 5) is 15.3. The molecule has 96 valence electrons. The van der Waals surface area contributed by atoms with Crippen LogP contribution in [0.5, 0.6) is 0 Å². The van der Waals surface area contributed by atoms with Gasteiger partial charge in [-0.1, -0.05) is 29.8 Å². The molecule has 0 bridgehead atoms. The van der Waals surface area contributed by atoms with Crippen LogP contribution in [0.25, 0.3) is 10.9 Å². The lowest BCUT2D eigenvalue weighted by molar-refractivity contribution is -0.138. The van der Waals surface area contributed by atoms with E-state index >= 15 is 0 Å². The van der Waals surface area contributed by atoms with Gasteiger partial charge in [0.05, 0.1) is 18.3 Å². The largest absolute Gasteiger partial charge is 0.468 e. The fraction of sp³-hybridized carbons (Fsp3) is 0.154. The Kier molecular flexibility index (Phi) is 3.83. The molecule has 19 heavy (non-hydrogen) atoms. The molecule has 0 aliphatic rings. The molecule has 0 unspecified atom stereocenters. The van der Waals surface area contributed by atoms with E-state index < -0.39 is 5.97 Å². The molecule has 5 nitrogen and oxygen atoms in total. The highest BCUT2D eigenvalue weighted by Gasteiger charge is 2.14. The van der Waals surface area contributed by atoms with Crippen molar-refractivity contribution in [3.8, 4) is 6.07 Å². The Hall–Kier alpha value is -2.32. The van der Waals surface area contributed by atoms with Gasteiger partial charge in [0, 0.05) is 5.39 Å². The van der Waals surface area contributed by atoms with Crippen molar-refractivity contribution in [1.29, 1.82) is 5.26 Å². The molecular weight excluding hydrogens is 266 g/mol. The van der Waals surface area contributed by atoms with Crippen molar-refractivity contribution in [2.45, 2.75) is 0 Å². The average Bonchev–Trinajstić information content (AvgIpc) is 2.43. The second-order valence-corrected chi connectivity index (χ2v) is 4.07. The fourth-order valence-electron chi connectivity index (χ4n) is 1.70. The molecule has 0 saturated heterocycles. The number of nitrogens with zero attached hydrogens (tertiary/aromatic N) is 2. The number of carbonyl (C=O) groups is 1. The number of anilines is 1. The summed E-state index contributed by atoms with van der Waals surface area (Å²) in [5, 5.41) is 12.9. The lowest BCUT2D eigenvalue weighted by atomic mass is 10.1. The number of carbonyl (C=O) groups excluding carboxylic acids is 1. The van der Waals surface area contributed by atoms with Gasteiger partial charge in [0.1, 0.15) is 23.3 Å². The van der Waals surface area contributed by atoms with Crippen LogP contribution in [0.4, 0.5) is 5.69 Å². The first-order chi connectivity index (χ1) is 9.17. The Labute approximate surface area is 114 Å². The molecule has 0 fully saturated rings. The van der Waals surface area contributed by atoms with Gasteiger partial charge in [-0.2, -0.15) is 5.26 Å². The van der Waals surface area contributed by atoms with Crippen molar-refractivity contribution in [3.63, 3.8) is 0 Å². The number of fused-ring (bicyclic) bond motifs is 1. The first-order valence-corrected chi connectivity index (χ1v) is 5.84. The Morgan fingerprint density at radius 2 is 2.26 bits per heavy atom. The highest BCUT2D eigenvalue weighted by molar-refractivity contribution is 6.31. The summed E-state index contributed by atoms with van der Waals surface area (Å²) in [6.07, 6.45) is 0. The van der Waals surface area contributed by atoms with Crippen molar-refractivity contribution < 1.29 is 9.53 Å². The molecule has 0 spiro atoms. The maximum Gasteiger partial charge on any atom is 0.325 e. The number of pyridine rings is 1. The van der Waals surface area contributed by atoms with Gasteiger partial charge in [0.2, 0.25) is 0 Å². The molecule has 2 aromatic rings. The predicted octanol–water partition coefficient (Wildman–Crippen LogP) is 2.34. The van der Waals surface area contributed by atoms with E-state index in [1.54, 1.807) is 12.1 Å². The lowest BCUT2D eigenvalue weighted by Gasteiger charge is -2.11. The molecular formula is C13H10ClN3O2. The third kappa shape index (κ3) is 2.59. The second kappa shape index (κ2) is 5.55. The first kappa shape index (κ1) is 13.1. The van der Waals surface area contributed by atoms with Gasteiger partial charge in [-0.3, -0.25) is 4.79 Å². The zero-order valence-electron chi connectivity index (χ0n) is 10.1. The van der Waals surface area contributed by atoms with Gasteiger partial charge >= 0.3 is 5.97 Å². The summed E-state index contributed by atoms with van der Waals surface area (Å²) in [6, 6.07) is 9.22. The van der Waals surface area contributed by atoms with E-state index in [4.69, 9.17) is 16.9 Å². The summed E-state index contributed by atoms with van der Waals surface area (Å²) < 4.78 is 4.55. The minimum absolute atomic E-state index is 0.0461. The van der Waals surface area contributed by atoms with Crippen LogP contribution in [0, 0.1) is 11.3 Å². The molecule has 0 saturated carbocycles. The minimum Gasteiger partial charge on any atom is -0.468 e. The second-order valence-electron chi connectivity index (χ2n) is 3.71. The Bertz CT molecular complexity index is 679. The van der Waals surface area contributed by atoms with Crippen molar-refractivity contribution in [2.75, 3.05) is 19.0 Å². The maximum absolute atomic E-state index is 11.2. The number of halogens is 1. The number of nitrogens with one attached hydrogen (secondary N) is 1. The van der Waals surface area contributed by atoms with E-state index in [1.165, 1.54) is 7.11 Å². The van der Waals surface area contributed by atoms with Crippen LogP contribution < -0.4 is 5.32 Å². The summed E-state index contributed by atoms with van der Waals surface area (Å²) in [5.74, 6) is -0.430. The molecule has 1 aromatic carbocycles. The number of benzene rings is 1. The van der Waals surface area contributed by atoms with Gasteiger partial charge in [-0.05, 0) is 6.07 Å². The number of esters is 1. The third-order valence-electron chi connectivity index (χ3n) is 2.60. The van der Waals surface area contributed by atoms with Crippen molar-refractivity contribution >= 4 is 34.2 Å². The fourth-order valence-corrected chi connectivity index (χ4v) is 1.93. The van der Waals surface area contributed by atoms with Crippen LogP contribution in [0.15, 0.2) is 24.3 Å². The summed E-state index contributed by atoms with van der Waals surface area (Å²) in [5.41, 5.74) is 1.35. The van der Waals surface area contributed by atoms with Crippen LogP contribution in [-0.4, -0.2) is 24.6 Å². The van der Waals surface area contributed by atoms with Crippen LogP contribution in [0.1, 0.15) is 5.56 Å². The summed E-state index contributed by atoms with van der Waals surface area (Å²) in [6.45, 7) is -0.0461. The molecule has 1 aromatic heterocycles. The SMILES string of the molecule is COC(=O)CNc1c(C#N)c(Cl)nc2ccccc12. The molecule has 0 radical (unpaired) electrons. The molecule has 2 rings (SSSR count). The van der Waals surface area contributed by atoms with Crippen LogP contribution in [0.2, 0.25) is 5.15 Å². The number of methoxy groups -OCH3 is 1. The Balaban J connectivity index is 2.55. The lowest BCUT2D eigenvalue weighted by Crippen LogP contribution is -2.16. The molecule has 0 atom stereocenters. The number of para-hydroxylation sites is 1. The molecule has 6 heteroatoms. The highest BCUT2D eigenvalue weighted by Crippen LogP contribution is 2.30. The molecule has 1 N–H and O–H groups in total. The molecule has 1 heterocycles. The molecule has 0 aliphatic heterocycles. The smallest absolute Gasteiger partial charge is 0.325 e. The minimum atomic E-state index is -0.430. The number of rotatable bonds is 3. The predicted molar refractivity (Wildman–Crippen MR) is 72.0 cm³/mol. The summed E-state index contributed by atoms with van der Waals surface area (Å²) in [7, 11) is 1.30. The van der Waals surface area contributed by atoms with E-state index in [0.717, 1.165) is 5.39 Å². The number of ether oxygens (including phenoxy) is 1. The quantitative estimate of drug-likeness (QED) is 0.687. The summed E-state index contributed by atoms with van der Waals surface area (Å²) >= 11 is 5.97. The van der Waals surface area contributed by atoms with E-state index in [0.29, 0.717) is 11.2 Å². The Morgan fingerprint density at radius 3 is 2.95 bits per heavy atom. The third-order valence-corrected chi connectivity index (χ3v) is 2.87. The van der Waals surface area contributed by atoms with E-state index in [9.17, 15) is 4.79 Å². The Morgan fingerprint density at radius 1 is 1.53 bits per heavy atom. The van der Waals surface area contributed by atoms with Gasteiger partial charge in [-0.15, -0.1) is 0 Å². The normalized spacial score (nSPS) is 9.95. The van der Waals surface area contributed by atoms with Gasteiger partial charge in [0.25, 0.3) is 0 Å². The van der Waals surface area contributed by atoms with E-state index in [-0.39, 0.29) is 17.3 Å². The number of hydrogen-bond donors (Lipinski definition) is 1. The van der Waals surface area contributed by atoms with Gasteiger partial charge in [0.15, 0.2) is 0 Å². The van der Waals surface area contributed by atoms with E-state index in [1.807, 2.05) is 18.2 Å². The standard InChI is InChI=1S/C13H10ClN3O2/c1-19-11(18)7-16-12-8-4-2-3-5-10(8)17-13(14)9(12)6-15/h2-5H,7H2,1H3,(H,16,17). The van der Waals surface area contributed by atoms with E-state index in [2.05, 4.69) is 15.0 Å². The van der Waals surface area contributed by atoms with Crippen molar-refractivity contribution in [2.24, 2.45) is 0 Å².